The molecular weight excluding hydrogens is 424 g/mol. The number of rotatable bonds is 10. The summed E-state index contributed by atoms with van der Waals surface area (Å²) in [5, 5.41) is 0. The quantitative estimate of drug-likeness (QED) is 0.344. The summed E-state index contributed by atoms with van der Waals surface area (Å²) in [5.74, 6) is 1.60. The summed E-state index contributed by atoms with van der Waals surface area (Å²) in [5.41, 5.74) is 2.27. The van der Waals surface area contributed by atoms with Gasteiger partial charge in [-0.15, -0.1) is 0 Å². The Labute approximate surface area is 193 Å². The molecule has 3 aromatic rings. The number of aromatic nitrogens is 1. The van der Waals surface area contributed by atoms with Gasteiger partial charge in [0.05, 0.1) is 50.9 Å². The summed E-state index contributed by atoms with van der Waals surface area (Å²) in [7, 11) is 4.63. The van der Waals surface area contributed by atoms with Crippen molar-refractivity contribution >= 4 is 11.7 Å². The van der Waals surface area contributed by atoms with Gasteiger partial charge < -0.3 is 33.2 Å². The second-order valence-corrected chi connectivity index (χ2v) is 7.55. The second-order valence-electron chi connectivity index (χ2n) is 7.55. The van der Waals surface area contributed by atoms with Crippen LogP contribution >= 0.6 is 0 Å². The molecule has 8 heteroatoms. The van der Waals surface area contributed by atoms with Gasteiger partial charge in [-0.3, -0.25) is 0 Å². The number of nitrogens with zero attached hydrogens (tertiary/aromatic N) is 2. The molecule has 0 aliphatic carbocycles. The summed E-state index contributed by atoms with van der Waals surface area (Å²) in [6.45, 7) is 2.32. The fourth-order valence-corrected chi connectivity index (χ4v) is 3.79. The molecule has 0 bridgehead atoms. The summed E-state index contributed by atoms with van der Waals surface area (Å²) < 4.78 is 29.2. The average Bonchev–Trinajstić information content (AvgIpc) is 3.35. The van der Waals surface area contributed by atoms with Crippen LogP contribution in [0.3, 0.4) is 0 Å². The van der Waals surface area contributed by atoms with Crippen molar-refractivity contribution in [2.75, 3.05) is 52.5 Å². The number of carbonyl (C=O) groups excluding carboxylic acids is 1. The molecule has 4 rings (SSSR count). The highest BCUT2D eigenvalue weighted by Crippen LogP contribution is 2.35. The zero-order valence-corrected chi connectivity index (χ0v) is 19.0. The predicted molar refractivity (Wildman–Crippen MR) is 124 cm³/mol. The average molecular weight is 453 g/mol. The van der Waals surface area contributed by atoms with Crippen molar-refractivity contribution < 1.29 is 28.5 Å². The number of esters is 1. The van der Waals surface area contributed by atoms with E-state index in [0.717, 1.165) is 11.4 Å². The van der Waals surface area contributed by atoms with E-state index in [9.17, 15) is 4.79 Å². The van der Waals surface area contributed by atoms with E-state index in [-0.39, 0.29) is 12.1 Å². The normalized spacial score (nSPS) is 13.4. The Hall–Kier alpha value is -3.65. The molecule has 174 valence electrons. The third-order valence-corrected chi connectivity index (χ3v) is 5.45. The van der Waals surface area contributed by atoms with E-state index in [2.05, 4.69) is 4.90 Å². The van der Waals surface area contributed by atoms with Gasteiger partial charge in [-0.2, -0.15) is 0 Å². The predicted octanol–water partition coefficient (Wildman–Crippen LogP) is 3.57. The zero-order chi connectivity index (χ0) is 23.2. The molecular formula is C25H28N2O6. The first kappa shape index (κ1) is 22.5. The van der Waals surface area contributed by atoms with Crippen LogP contribution in [0, 0.1) is 0 Å². The maximum Gasteiger partial charge on any atom is 0.340 e. The maximum absolute atomic E-state index is 12.4. The van der Waals surface area contributed by atoms with Gasteiger partial charge in [0.25, 0.3) is 0 Å². The Morgan fingerprint density at radius 2 is 1.76 bits per heavy atom. The molecule has 33 heavy (non-hydrogen) atoms. The SMILES string of the molecule is COCCOc1ccc(OC2CN(c3cccc(C(=O)OC)c3-n3cccc3)C2)cc1OC. The standard InChI is InChI=1S/C25H28N2O6/c1-29-13-14-32-22-10-9-18(15-23(22)30-2)33-19-16-27(17-19)21-8-6-7-20(25(28)31-3)24(21)26-11-4-5-12-26/h4-12,15,19H,13-14,16-17H2,1-3H3. The molecule has 0 radical (unpaired) electrons. The van der Waals surface area contributed by atoms with Crippen molar-refractivity contribution in [1.29, 1.82) is 0 Å². The van der Waals surface area contributed by atoms with Crippen molar-refractivity contribution in [3.63, 3.8) is 0 Å². The molecule has 0 spiro atoms. The van der Waals surface area contributed by atoms with Crippen molar-refractivity contribution in [2.24, 2.45) is 0 Å². The highest BCUT2D eigenvalue weighted by atomic mass is 16.5. The smallest absolute Gasteiger partial charge is 0.340 e. The molecule has 0 saturated carbocycles. The first-order chi connectivity index (χ1) is 16.1. The van der Waals surface area contributed by atoms with Gasteiger partial charge in [-0.25, -0.2) is 4.79 Å². The van der Waals surface area contributed by atoms with Crippen LogP contribution < -0.4 is 19.1 Å². The third kappa shape index (κ3) is 4.90. The zero-order valence-electron chi connectivity index (χ0n) is 19.0. The van der Waals surface area contributed by atoms with Crippen molar-refractivity contribution in [1.82, 2.24) is 4.57 Å². The Morgan fingerprint density at radius 3 is 2.45 bits per heavy atom. The van der Waals surface area contributed by atoms with Gasteiger partial charge in [-0.1, -0.05) is 6.07 Å². The van der Waals surface area contributed by atoms with Crippen LogP contribution in [0.4, 0.5) is 5.69 Å². The monoisotopic (exact) mass is 452 g/mol. The first-order valence-corrected chi connectivity index (χ1v) is 10.7. The highest BCUT2D eigenvalue weighted by Gasteiger charge is 2.32. The fraction of sp³-hybridized carbons (Fsp3) is 0.320. The van der Waals surface area contributed by atoms with Gasteiger partial charge in [0, 0.05) is 25.6 Å². The van der Waals surface area contributed by atoms with E-state index in [1.54, 1.807) is 20.3 Å². The number of methoxy groups -OCH3 is 3. The van der Waals surface area contributed by atoms with Crippen LogP contribution in [-0.4, -0.2) is 64.3 Å². The van der Waals surface area contributed by atoms with Crippen LogP contribution in [0.1, 0.15) is 10.4 Å². The molecule has 8 nitrogen and oxygen atoms in total. The van der Waals surface area contributed by atoms with E-state index >= 15 is 0 Å². The number of ether oxygens (including phenoxy) is 5. The summed E-state index contributed by atoms with van der Waals surface area (Å²) >= 11 is 0. The van der Waals surface area contributed by atoms with Crippen molar-refractivity contribution in [3.05, 3.63) is 66.5 Å². The number of carbonyl (C=O) groups is 1. The Kier molecular flexibility index (Phi) is 7.04. The highest BCUT2D eigenvalue weighted by molar-refractivity contribution is 5.96. The van der Waals surface area contributed by atoms with E-state index in [0.29, 0.717) is 49.1 Å². The summed E-state index contributed by atoms with van der Waals surface area (Å²) in [4.78, 5) is 14.6. The fourth-order valence-electron chi connectivity index (χ4n) is 3.79. The lowest BCUT2D eigenvalue weighted by atomic mass is 10.1. The topological polar surface area (TPSA) is 71.4 Å². The molecule has 0 amide bonds. The van der Waals surface area contributed by atoms with Crippen molar-refractivity contribution in [2.45, 2.75) is 6.10 Å². The minimum atomic E-state index is -0.367. The molecule has 1 saturated heterocycles. The lowest BCUT2D eigenvalue weighted by Gasteiger charge is -2.41. The Balaban J connectivity index is 1.46. The molecule has 0 unspecified atom stereocenters. The number of hydrogen-bond acceptors (Lipinski definition) is 7. The van der Waals surface area contributed by atoms with Crippen LogP contribution in [-0.2, 0) is 9.47 Å². The molecule has 2 aromatic carbocycles. The molecule has 0 N–H and O–H groups in total. The molecule has 1 aromatic heterocycles. The largest absolute Gasteiger partial charge is 0.493 e. The van der Waals surface area contributed by atoms with E-state index < -0.39 is 0 Å². The summed E-state index contributed by atoms with van der Waals surface area (Å²) in [6.07, 6.45) is 3.85. The molecule has 1 aliphatic heterocycles. The van der Waals surface area contributed by atoms with Gasteiger partial charge in [0.1, 0.15) is 18.5 Å². The lowest BCUT2D eigenvalue weighted by Crippen LogP contribution is -2.54. The van der Waals surface area contributed by atoms with E-state index in [4.69, 9.17) is 23.7 Å². The van der Waals surface area contributed by atoms with Gasteiger partial charge in [-0.05, 0) is 36.4 Å². The molecule has 2 heterocycles. The third-order valence-electron chi connectivity index (χ3n) is 5.45. The summed E-state index contributed by atoms with van der Waals surface area (Å²) in [6, 6.07) is 15.0. The van der Waals surface area contributed by atoms with Crippen LogP contribution in [0.2, 0.25) is 0 Å². The van der Waals surface area contributed by atoms with Gasteiger partial charge >= 0.3 is 5.97 Å². The maximum atomic E-state index is 12.4. The lowest BCUT2D eigenvalue weighted by molar-refractivity contribution is 0.0600. The number of hydrogen-bond donors (Lipinski definition) is 0. The van der Waals surface area contributed by atoms with E-state index in [1.165, 1.54) is 7.11 Å². The minimum absolute atomic E-state index is 0.00857. The van der Waals surface area contributed by atoms with Gasteiger partial charge in [0.2, 0.25) is 0 Å². The van der Waals surface area contributed by atoms with E-state index in [1.807, 2.05) is 59.4 Å². The van der Waals surface area contributed by atoms with Crippen LogP contribution in [0.25, 0.3) is 5.69 Å². The Morgan fingerprint density at radius 1 is 0.970 bits per heavy atom. The number of anilines is 1. The molecule has 0 atom stereocenters. The molecule has 1 aliphatic rings. The van der Waals surface area contributed by atoms with Crippen LogP contribution in [0.15, 0.2) is 60.9 Å². The minimum Gasteiger partial charge on any atom is -0.493 e. The van der Waals surface area contributed by atoms with Crippen molar-refractivity contribution in [3.8, 4) is 22.9 Å². The number of benzene rings is 2. The second kappa shape index (κ2) is 10.3. The first-order valence-electron chi connectivity index (χ1n) is 10.7. The number of para-hydroxylation sites is 1. The Bertz CT molecular complexity index is 1080. The van der Waals surface area contributed by atoms with Gasteiger partial charge in [0.15, 0.2) is 11.5 Å². The van der Waals surface area contributed by atoms with Crippen LogP contribution in [0.5, 0.6) is 17.2 Å². The molecule has 1 fully saturated rings.